The quantitative estimate of drug-likeness (QED) is 0.711. The number of hydrogen-bond donors (Lipinski definition) is 1. The van der Waals surface area contributed by atoms with E-state index < -0.39 is 0 Å². The second-order valence-corrected chi connectivity index (χ2v) is 4.50. The van der Waals surface area contributed by atoms with Crippen LogP contribution in [0.5, 0.6) is 0 Å². The van der Waals surface area contributed by atoms with Gasteiger partial charge in [-0.05, 0) is 42.8 Å². The van der Waals surface area contributed by atoms with E-state index in [0.29, 0.717) is 0 Å². The van der Waals surface area contributed by atoms with Crippen molar-refractivity contribution in [3.63, 3.8) is 0 Å². The zero-order valence-corrected chi connectivity index (χ0v) is 10.6. The molecule has 4 heteroatoms. The first-order valence-electron chi connectivity index (χ1n) is 6.08. The molecule has 0 spiro atoms. The van der Waals surface area contributed by atoms with Crippen LogP contribution in [0.3, 0.4) is 0 Å². The fourth-order valence-corrected chi connectivity index (χ4v) is 2.15. The molecule has 1 heterocycles. The fourth-order valence-electron chi connectivity index (χ4n) is 2.15. The maximum atomic E-state index is 5.90. The molecule has 94 valence electrons. The monoisotopic (exact) mass is 250 g/mol. The molecule has 0 radical (unpaired) electrons. The molecule has 0 fully saturated rings. The number of aromatic nitrogens is 3. The third-order valence-corrected chi connectivity index (χ3v) is 2.95. The maximum absolute atomic E-state index is 5.90. The molecule has 2 N–H and O–H groups in total. The summed E-state index contributed by atoms with van der Waals surface area (Å²) in [5.41, 5.74) is 10.7. The van der Waals surface area contributed by atoms with E-state index in [-0.39, 0.29) is 0 Å². The SMILES string of the molecule is Cc1cc(N)cc(-c2cnnn2-c2ccccc2)c1. The highest BCUT2D eigenvalue weighted by Crippen LogP contribution is 2.24. The third-order valence-electron chi connectivity index (χ3n) is 2.95. The third kappa shape index (κ3) is 2.20. The normalized spacial score (nSPS) is 10.6. The van der Waals surface area contributed by atoms with Gasteiger partial charge in [0.2, 0.25) is 0 Å². The number of aryl methyl sites for hydroxylation is 1. The molecule has 2 aromatic carbocycles. The lowest BCUT2D eigenvalue weighted by Gasteiger charge is -2.07. The van der Waals surface area contributed by atoms with Crippen LogP contribution in [0.15, 0.2) is 54.7 Å². The van der Waals surface area contributed by atoms with E-state index in [1.807, 2.05) is 54.1 Å². The molecule has 3 aromatic rings. The van der Waals surface area contributed by atoms with Gasteiger partial charge in [0, 0.05) is 11.3 Å². The molecule has 19 heavy (non-hydrogen) atoms. The average Bonchev–Trinajstić information content (AvgIpc) is 2.88. The van der Waals surface area contributed by atoms with Crippen molar-refractivity contribution in [3.8, 4) is 16.9 Å². The molecular formula is C15H14N4. The summed E-state index contributed by atoms with van der Waals surface area (Å²) in [4.78, 5) is 0. The number of hydrogen-bond acceptors (Lipinski definition) is 3. The van der Waals surface area contributed by atoms with Crippen molar-refractivity contribution in [2.45, 2.75) is 6.92 Å². The van der Waals surface area contributed by atoms with Crippen LogP contribution in [0, 0.1) is 6.92 Å². The number of para-hydroxylation sites is 1. The van der Waals surface area contributed by atoms with Crippen LogP contribution in [-0.4, -0.2) is 15.0 Å². The van der Waals surface area contributed by atoms with Crippen LogP contribution in [0.1, 0.15) is 5.56 Å². The van der Waals surface area contributed by atoms with Gasteiger partial charge in [-0.3, -0.25) is 0 Å². The van der Waals surface area contributed by atoms with Crippen molar-refractivity contribution in [1.82, 2.24) is 15.0 Å². The van der Waals surface area contributed by atoms with Gasteiger partial charge in [-0.25, -0.2) is 4.68 Å². The van der Waals surface area contributed by atoms with E-state index in [2.05, 4.69) is 16.4 Å². The predicted molar refractivity (Wildman–Crippen MR) is 75.9 cm³/mol. The highest BCUT2D eigenvalue weighted by atomic mass is 15.4. The number of anilines is 1. The summed E-state index contributed by atoms with van der Waals surface area (Å²) in [6.07, 6.45) is 1.75. The van der Waals surface area contributed by atoms with Crippen LogP contribution in [0.2, 0.25) is 0 Å². The van der Waals surface area contributed by atoms with Gasteiger partial charge in [0.25, 0.3) is 0 Å². The summed E-state index contributed by atoms with van der Waals surface area (Å²) >= 11 is 0. The molecule has 4 nitrogen and oxygen atoms in total. The lowest BCUT2D eigenvalue weighted by atomic mass is 10.1. The Morgan fingerprint density at radius 3 is 2.58 bits per heavy atom. The van der Waals surface area contributed by atoms with Crippen molar-refractivity contribution in [2.75, 3.05) is 5.73 Å². The summed E-state index contributed by atoms with van der Waals surface area (Å²) in [7, 11) is 0. The van der Waals surface area contributed by atoms with Crippen molar-refractivity contribution >= 4 is 5.69 Å². The van der Waals surface area contributed by atoms with E-state index in [1.165, 1.54) is 0 Å². The van der Waals surface area contributed by atoms with E-state index in [0.717, 1.165) is 28.2 Å². The molecule has 1 aromatic heterocycles. The largest absolute Gasteiger partial charge is 0.399 e. The van der Waals surface area contributed by atoms with Crippen molar-refractivity contribution in [2.24, 2.45) is 0 Å². The molecule has 0 aliphatic carbocycles. The standard InChI is InChI=1S/C15H14N4/c1-11-7-12(9-13(16)8-11)15-10-17-18-19(15)14-5-3-2-4-6-14/h2-10H,16H2,1H3. The van der Waals surface area contributed by atoms with Crippen molar-refractivity contribution < 1.29 is 0 Å². The topological polar surface area (TPSA) is 56.7 Å². The number of nitrogens with two attached hydrogens (primary N) is 1. The van der Waals surface area contributed by atoms with Crippen molar-refractivity contribution in [1.29, 1.82) is 0 Å². The van der Waals surface area contributed by atoms with Crippen LogP contribution in [0.25, 0.3) is 16.9 Å². The summed E-state index contributed by atoms with van der Waals surface area (Å²) < 4.78 is 1.81. The van der Waals surface area contributed by atoms with Crippen LogP contribution in [-0.2, 0) is 0 Å². The molecule has 0 bridgehead atoms. The Kier molecular flexibility index (Phi) is 2.76. The van der Waals surface area contributed by atoms with E-state index in [9.17, 15) is 0 Å². The number of nitrogens with zero attached hydrogens (tertiary/aromatic N) is 3. The van der Waals surface area contributed by atoms with Crippen molar-refractivity contribution in [3.05, 3.63) is 60.3 Å². The second kappa shape index (κ2) is 4.57. The Morgan fingerprint density at radius 2 is 1.84 bits per heavy atom. The lowest BCUT2D eigenvalue weighted by Crippen LogP contribution is -1.99. The molecule has 0 saturated carbocycles. The summed E-state index contributed by atoms with van der Waals surface area (Å²) in [6.45, 7) is 2.02. The molecule has 0 unspecified atom stereocenters. The van der Waals surface area contributed by atoms with Gasteiger partial charge in [0.1, 0.15) is 0 Å². The summed E-state index contributed by atoms with van der Waals surface area (Å²) in [6, 6.07) is 15.9. The minimum atomic E-state index is 0.746. The van der Waals surface area contributed by atoms with Crippen LogP contribution < -0.4 is 5.73 Å². The maximum Gasteiger partial charge on any atom is 0.0945 e. The zero-order chi connectivity index (χ0) is 13.2. The van der Waals surface area contributed by atoms with Gasteiger partial charge >= 0.3 is 0 Å². The van der Waals surface area contributed by atoms with Gasteiger partial charge in [-0.1, -0.05) is 23.4 Å². The van der Waals surface area contributed by atoms with Crippen LogP contribution in [0.4, 0.5) is 5.69 Å². The number of benzene rings is 2. The molecular weight excluding hydrogens is 236 g/mol. The highest BCUT2D eigenvalue weighted by molar-refractivity contribution is 5.66. The first-order chi connectivity index (χ1) is 9.24. The molecule has 0 saturated heterocycles. The average molecular weight is 250 g/mol. The Bertz CT molecular complexity index is 681. The predicted octanol–water partition coefficient (Wildman–Crippen LogP) is 2.82. The van der Waals surface area contributed by atoms with Gasteiger partial charge in [0.05, 0.1) is 17.6 Å². The lowest BCUT2D eigenvalue weighted by molar-refractivity contribution is 0.808. The minimum absolute atomic E-state index is 0.746. The van der Waals surface area contributed by atoms with E-state index in [4.69, 9.17) is 5.73 Å². The first kappa shape index (κ1) is 11.5. The smallest absolute Gasteiger partial charge is 0.0945 e. The van der Waals surface area contributed by atoms with Crippen LogP contribution >= 0.6 is 0 Å². The van der Waals surface area contributed by atoms with E-state index in [1.54, 1.807) is 6.20 Å². The Hall–Kier alpha value is -2.62. The highest BCUT2D eigenvalue weighted by Gasteiger charge is 2.09. The number of rotatable bonds is 2. The fraction of sp³-hybridized carbons (Fsp3) is 0.0667. The minimum Gasteiger partial charge on any atom is -0.399 e. The van der Waals surface area contributed by atoms with Gasteiger partial charge < -0.3 is 5.73 Å². The summed E-state index contributed by atoms with van der Waals surface area (Å²) in [5.74, 6) is 0. The molecule has 0 aliphatic heterocycles. The molecule has 0 aliphatic rings. The first-order valence-corrected chi connectivity index (χ1v) is 6.08. The molecule has 3 rings (SSSR count). The van der Waals surface area contributed by atoms with Gasteiger partial charge in [-0.15, -0.1) is 5.10 Å². The molecule has 0 atom stereocenters. The van der Waals surface area contributed by atoms with Gasteiger partial charge in [0.15, 0.2) is 0 Å². The number of nitrogen functional groups attached to an aromatic ring is 1. The molecule has 0 amide bonds. The summed E-state index contributed by atoms with van der Waals surface area (Å²) in [5, 5.41) is 8.15. The van der Waals surface area contributed by atoms with Gasteiger partial charge in [-0.2, -0.15) is 0 Å². The Morgan fingerprint density at radius 1 is 1.05 bits per heavy atom. The zero-order valence-electron chi connectivity index (χ0n) is 10.6. The van der Waals surface area contributed by atoms with E-state index >= 15 is 0 Å². The Balaban J connectivity index is 2.15. The second-order valence-electron chi connectivity index (χ2n) is 4.50. The Labute approximate surface area is 111 Å².